The van der Waals surface area contributed by atoms with Gasteiger partial charge >= 0.3 is 35.8 Å². The van der Waals surface area contributed by atoms with E-state index in [-0.39, 0.29) is 39.3 Å². The number of nitrogens with one attached hydrogen (secondary N) is 3. The van der Waals surface area contributed by atoms with Gasteiger partial charge in [0.05, 0.1) is 65.0 Å². The highest BCUT2D eigenvalue weighted by Crippen LogP contribution is 2.70. The molecule has 6 aliphatic heterocycles. The van der Waals surface area contributed by atoms with Gasteiger partial charge in [-0.3, -0.25) is 43.5 Å². The summed E-state index contributed by atoms with van der Waals surface area (Å²) in [6, 6.07) is -7.92. The Morgan fingerprint density at radius 3 is 0.812 bits per heavy atom. The standard InChI is InChI=1S/C45H74N6O18/c1-22-13-49(22)33(7-39(64)65)45(34(8-40(66)67)50-14-23(50)2,35(9-41(68)69)51-15-24(51)3)43(20-56,21-57)29(17-53)28(16-52)42(18-54,19-55)44(25(4-36(58)59)30-10-46-30,26(5-37(60)61)31-11-47-31)27(6-38(62)63)32-12-48-32/h22-35,46-48,52-57H,4-21H2,1-3H3,(H,58,59)(H,60,61)(H,62,63)(H,64,65)(H,66,67)(H,68,69). The van der Waals surface area contributed by atoms with Crippen LogP contribution in [0.2, 0.25) is 0 Å². The van der Waals surface area contributed by atoms with Crippen molar-refractivity contribution in [3.63, 3.8) is 0 Å². The van der Waals surface area contributed by atoms with E-state index in [0.29, 0.717) is 0 Å². The summed E-state index contributed by atoms with van der Waals surface area (Å²) in [7, 11) is 0. The fraction of sp³-hybridized carbons (Fsp3) is 0.867. The van der Waals surface area contributed by atoms with E-state index in [4.69, 9.17) is 0 Å². The lowest BCUT2D eigenvalue weighted by molar-refractivity contribution is -0.257. The first-order valence-electron chi connectivity index (χ1n) is 24.0. The number of aliphatic hydroxyl groups excluding tert-OH is 6. The highest BCUT2D eigenvalue weighted by molar-refractivity contribution is 5.72. The molecule has 0 aromatic rings. The summed E-state index contributed by atoms with van der Waals surface area (Å²) in [6.45, 7) is -1.12. The van der Waals surface area contributed by atoms with Gasteiger partial charge in [-0.25, -0.2) is 0 Å². The molecular weight excluding hydrogens is 913 g/mol. The zero-order valence-corrected chi connectivity index (χ0v) is 39.5. The third-order valence-corrected chi connectivity index (χ3v) is 17.6. The molecule has 0 aromatic carbocycles. The lowest BCUT2D eigenvalue weighted by Gasteiger charge is -2.68. The molecule has 6 fully saturated rings. The summed E-state index contributed by atoms with van der Waals surface area (Å²) in [5.74, 6) is -16.3. The number of aliphatic carboxylic acids is 6. The molecule has 17 unspecified atom stereocenters. The lowest BCUT2D eigenvalue weighted by atomic mass is 9.37. The van der Waals surface area contributed by atoms with Crippen LogP contribution in [0, 0.1) is 51.2 Å². The van der Waals surface area contributed by atoms with Crippen LogP contribution in [0.25, 0.3) is 0 Å². The summed E-state index contributed by atoms with van der Waals surface area (Å²) in [5.41, 5.74) is -9.46. The van der Waals surface area contributed by atoms with Crippen LogP contribution in [0.1, 0.15) is 59.3 Å². The van der Waals surface area contributed by atoms with E-state index in [1.54, 1.807) is 35.5 Å². The largest absolute Gasteiger partial charge is 0.481 e. The summed E-state index contributed by atoms with van der Waals surface area (Å²) in [5, 5.41) is 149. The minimum atomic E-state index is -2.52. The molecule has 0 spiro atoms. The molecule has 6 aliphatic rings. The van der Waals surface area contributed by atoms with E-state index in [9.17, 15) is 90.0 Å². The molecule has 0 amide bonds. The molecule has 392 valence electrons. The maximum absolute atomic E-state index is 13.4. The minimum absolute atomic E-state index is 0.136. The normalized spacial score (nSPS) is 32.0. The fourth-order valence-corrected chi connectivity index (χ4v) is 14.5. The number of hydrogen-bond donors (Lipinski definition) is 15. The Labute approximate surface area is 399 Å². The Morgan fingerprint density at radius 1 is 0.435 bits per heavy atom. The third kappa shape index (κ3) is 10.1. The second-order valence-corrected chi connectivity index (χ2v) is 21.0. The topological polar surface area (TPSA) is 420 Å². The molecule has 6 saturated heterocycles. The highest BCUT2D eigenvalue weighted by Gasteiger charge is 2.77. The van der Waals surface area contributed by atoms with Gasteiger partial charge < -0.3 is 77.2 Å². The van der Waals surface area contributed by atoms with Gasteiger partial charge in [0.25, 0.3) is 0 Å². The molecule has 0 aliphatic carbocycles. The number of aliphatic hydroxyl groups is 6. The molecule has 6 rings (SSSR count). The van der Waals surface area contributed by atoms with Crippen molar-refractivity contribution in [3.05, 3.63) is 0 Å². The van der Waals surface area contributed by atoms with Gasteiger partial charge in [0.2, 0.25) is 0 Å². The Hall–Kier alpha value is -3.66. The molecule has 24 heteroatoms. The van der Waals surface area contributed by atoms with Crippen molar-refractivity contribution >= 4 is 35.8 Å². The predicted octanol–water partition coefficient (Wildman–Crippen LogP) is -4.05. The Balaban J connectivity index is 1.81. The maximum atomic E-state index is 13.4. The first kappa shape index (κ1) is 54.7. The Bertz CT molecular complexity index is 1720. The third-order valence-electron chi connectivity index (χ3n) is 17.6. The van der Waals surface area contributed by atoms with E-state index in [1.165, 1.54) is 0 Å². The number of carboxylic acids is 6. The Morgan fingerprint density at radius 2 is 0.652 bits per heavy atom. The van der Waals surface area contributed by atoms with Crippen molar-refractivity contribution in [3.8, 4) is 0 Å². The Kier molecular flexibility index (Phi) is 16.8. The second-order valence-electron chi connectivity index (χ2n) is 21.0. The van der Waals surface area contributed by atoms with Crippen molar-refractivity contribution in [2.45, 2.75) is 114 Å². The van der Waals surface area contributed by atoms with E-state index in [0.717, 1.165) is 0 Å². The number of hydrogen-bond acceptors (Lipinski definition) is 18. The van der Waals surface area contributed by atoms with Crippen molar-refractivity contribution in [2.24, 2.45) is 51.2 Å². The van der Waals surface area contributed by atoms with Crippen molar-refractivity contribution in [1.29, 1.82) is 0 Å². The quantitative estimate of drug-likeness (QED) is 0.0269. The maximum Gasteiger partial charge on any atom is 0.304 e. The summed E-state index contributed by atoms with van der Waals surface area (Å²) in [4.78, 5) is 84.9. The number of carboxylic acid groups (broad SMARTS) is 6. The molecule has 0 aromatic heterocycles. The van der Waals surface area contributed by atoms with Crippen LogP contribution in [0.5, 0.6) is 0 Å². The van der Waals surface area contributed by atoms with E-state index >= 15 is 0 Å². The predicted molar refractivity (Wildman–Crippen MR) is 238 cm³/mol. The molecule has 0 saturated carbocycles. The number of rotatable bonds is 35. The monoisotopic (exact) mass is 987 g/mol. The van der Waals surface area contributed by atoms with Crippen LogP contribution in [-0.2, 0) is 28.8 Å². The molecule has 24 nitrogen and oxygen atoms in total. The van der Waals surface area contributed by atoms with E-state index < -0.39 is 220 Å². The summed E-state index contributed by atoms with van der Waals surface area (Å²) >= 11 is 0. The summed E-state index contributed by atoms with van der Waals surface area (Å²) < 4.78 is 0. The smallest absolute Gasteiger partial charge is 0.304 e. The van der Waals surface area contributed by atoms with Crippen LogP contribution < -0.4 is 16.0 Å². The van der Waals surface area contributed by atoms with Crippen LogP contribution in [0.3, 0.4) is 0 Å². The van der Waals surface area contributed by atoms with E-state index in [2.05, 4.69) is 16.0 Å². The average Bonchev–Trinajstić information content (AvgIpc) is 4.04. The second kappa shape index (κ2) is 21.2. The molecule has 17 atom stereocenters. The van der Waals surface area contributed by atoms with Gasteiger partial charge in [-0.05, 0) is 55.8 Å². The SMILES string of the molecule is CC1CN1C(CC(=O)O)C(C(CC(=O)O)N1CC1C)(C(CC(=O)O)N1CC1C)C(CO)(CO)C(CO)C(CO)C(CO)(CO)C(C(CC(=O)O)C1CN1)(C(CC(=O)O)C1CN1)C(CC(=O)O)C1CN1. The van der Waals surface area contributed by atoms with Gasteiger partial charge in [-0.2, -0.15) is 0 Å². The van der Waals surface area contributed by atoms with Gasteiger partial charge in [-0.15, -0.1) is 0 Å². The summed E-state index contributed by atoms with van der Waals surface area (Å²) in [6.07, 6.45) is -4.77. The molecule has 0 bridgehead atoms. The van der Waals surface area contributed by atoms with Gasteiger partial charge in [0, 0.05) is 123 Å². The zero-order chi connectivity index (χ0) is 51.1. The van der Waals surface area contributed by atoms with Crippen LogP contribution in [0.15, 0.2) is 0 Å². The molecule has 6 heterocycles. The molecule has 15 N–H and O–H groups in total. The van der Waals surface area contributed by atoms with E-state index in [1.807, 2.05) is 0 Å². The van der Waals surface area contributed by atoms with Crippen molar-refractivity contribution < 1.29 is 90.0 Å². The molecule has 69 heavy (non-hydrogen) atoms. The average molecular weight is 987 g/mol. The highest BCUT2D eigenvalue weighted by atomic mass is 16.4. The van der Waals surface area contributed by atoms with Gasteiger partial charge in [0.1, 0.15) is 0 Å². The first-order chi connectivity index (χ1) is 32.6. The fourth-order valence-electron chi connectivity index (χ4n) is 14.5. The molecule has 0 radical (unpaired) electrons. The molecular formula is C45H74N6O18. The van der Waals surface area contributed by atoms with Crippen LogP contribution in [0.4, 0.5) is 0 Å². The number of carbonyl (C=O) groups is 6. The van der Waals surface area contributed by atoms with Crippen molar-refractivity contribution in [2.75, 3.05) is 78.9 Å². The van der Waals surface area contributed by atoms with Crippen LogP contribution >= 0.6 is 0 Å². The first-order valence-corrected chi connectivity index (χ1v) is 24.0. The lowest BCUT2D eigenvalue weighted by Crippen LogP contribution is -2.76. The van der Waals surface area contributed by atoms with Crippen LogP contribution in [-0.4, -0.2) is 245 Å². The van der Waals surface area contributed by atoms with Crippen molar-refractivity contribution in [1.82, 2.24) is 30.7 Å². The minimum Gasteiger partial charge on any atom is -0.481 e. The van der Waals surface area contributed by atoms with Gasteiger partial charge in [0.15, 0.2) is 0 Å². The number of nitrogens with zero attached hydrogens (tertiary/aromatic N) is 3. The zero-order valence-electron chi connectivity index (χ0n) is 39.5. The van der Waals surface area contributed by atoms with Gasteiger partial charge in [-0.1, -0.05) is 0 Å².